The van der Waals surface area contributed by atoms with Gasteiger partial charge in [-0.1, -0.05) is 30.3 Å². The Labute approximate surface area is 204 Å². The van der Waals surface area contributed by atoms with E-state index in [2.05, 4.69) is 26.6 Å². The van der Waals surface area contributed by atoms with Crippen LogP contribution in [0.1, 0.15) is 40.0 Å². The topological polar surface area (TPSA) is 92.2 Å². The van der Waals surface area contributed by atoms with Crippen molar-refractivity contribution in [2.75, 3.05) is 17.7 Å². The summed E-state index contributed by atoms with van der Waals surface area (Å²) in [6, 6.07) is 11.5. The number of aryl methyl sites for hydroxylation is 1. The van der Waals surface area contributed by atoms with Gasteiger partial charge in [0, 0.05) is 12.1 Å². The second kappa shape index (κ2) is 9.82. The lowest BCUT2D eigenvalue weighted by atomic mass is 9.96. The van der Waals surface area contributed by atoms with E-state index in [0.29, 0.717) is 11.3 Å². The number of benzene rings is 2. The van der Waals surface area contributed by atoms with Gasteiger partial charge in [0.2, 0.25) is 0 Å². The number of para-hydroxylation sites is 1. The van der Waals surface area contributed by atoms with Gasteiger partial charge in [0.25, 0.3) is 5.91 Å². The molecule has 1 aliphatic rings. The van der Waals surface area contributed by atoms with Crippen molar-refractivity contribution in [2.24, 2.45) is 0 Å². The van der Waals surface area contributed by atoms with Crippen LogP contribution in [-0.2, 0) is 0 Å². The first-order chi connectivity index (χ1) is 16.7. The molecule has 0 bridgehead atoms. The average molecular weight is 505 g/mol. The van der Waals surface area contributed by atoms with Crippen molar-refractivity contribution in [3.63, 3.8) is 0 Å². The minimum absolute atomic E-state index is 0.0310. The second-order valence-electron chi connectivity index (χ2n) is 7.96. The summed E-state index contributed by atoms with van der Waals surface area (Å²) >= 11 is 5.20. The summed E-state index contributed by atoms with van der Waals surface area (Å²) in [7, 11) is 1.51. The van der Waals surface area contributed by atoms with Gasteiger partial charge in [0.05, 0.1) is 19.3 Å². The molecule has 2 atom stereocenters. The number of methoxy groups -OCH3 is 1. The van der Waals surface area contributed by atoms with Crippen LogP contribution in [0.2, 0.25) is 0 Å². The maximum absolute atomic E-state index is 13.9. The Bertz CT molecular complexity index is 1230. The molecular weight excluding hydrogens is 481 g/mol. The zero-order valence-electron chi connectivity index (χ0n) is 18.8. The molecule has 0 saturated carbocycles. The molecule has 4 rings (SSSR count). The first-order valence-corrected chi connectivity index (χ1v) is 11.1. The molecule has 184 valence electrons. The number of halogens is 3. The maximum atomic E-state index is 13.9. The lowest BCUT2D eigenvalue weighted by Crippen LogP contribution is -2.44. The van der Waals surface area contributed by atoms with Crippen LogP contribution in [0.25, 0.3) is 0 Å². The minimum Gasteiger partial charge on any atom is -0.497 e. The normalized spacial score (nSPS) is 17.1. The molecule has 0 saturated heterocycles. The number of hydrogen-bond donors (Lipinski definition) is 4. The molecule has 1 aliphatic heterocycles. The number of thiocarbonyl (C=S) groups is 1. The Morgan fingerprint density at radius 2 is 1.89 bits per heavy atom. The van der Waals surface area contributed by atoms with Gasteiger partial charge in [-0.3, -0.25) is 15.6 Å². The van der Waals surface area contributed by atoms with E-state index in [-0.39, 0.29) is 22.9 Å². The minimum atomic E-state index is -4.56. The van der Waals surface area contributed by atoms with Crippen molar-refractivity contribution in [1.29, 1.82) is 0 Å². The molecule has 2 heterocycles. The number of hydrazine groups is 1. The first-order valence-electron chi connectivity index (χ1n) is 10.6. The number of fused-ring (bicyclic) bond motifs is 1. The molecule has 0 radical (unpaired) electrons. The van der Waals surface area contributed by atoms with E-state index in [0.717, 1.165) is 22.1 Å². The monoisotopic (exact) mass is 504 g/mol. The molecule has 0 aliphatic carbocycles. The van der Waals surface area contributed by atoms with Crippen LogP contribution in [0.15, 0.2) is 54.7 Å². The van der Waals surface area contributed by atoms with Gasteiger partial charge in [0.1, 0.15) is 17.1 Å². The molecule has 0 spiro atoms. The Balaban J connectivity index is 1.52. The van der Waals surface area contributed by atoms with E-state index in [1.165, 1.54) is 7.11 Å². The molecule has 4 N–H and O–H groups in total. The van der Waals surface area contributed by atoms with E-state index in [4.69, 9.17) is 17.0 Å². The van der Waals surface area contributed by atoms with Crippen molar-refractivity contribution < 1.29 is 22.7 Å². The molecular formula is C23H23F3N6O2S. The van der Waals surface area contributed by atoms with Crippen molar-refractivity contribution in [3.8, 4) is 5.75 Å². The van der Waals surface area contributed by atoms with E-state index >= 15 is 0 Å². The highest BCUT2D eigenvalue weighted by Gasteiger charge is 2.47. The van der Waals surface area contributed by atoms with Crippen LogP contribution < -0.4 is 26.2 Å². The van der Waals surface area contributed by atoms with Gasteiger partial charge in [-0.05, 0) is 48.5 Å². The van der Waals surface area contributed by atoms with Crippen LogP contribution in [0, 0.1) is 6.92 Å². The van der Waals surface area contributed by atoms with Gasteiger partial charge in [-0.15, -0.1) is 0 Å². The molecule has 8 nitrogen and oxygen atoms in total. The number of nitrogens with one attached hydrogen (secondary N) is 4. The van der Waals surface area contributed by atoms with Crippen LogP contribution in [0.3, 0.4) is 0 Å². The number of aromatic nitrogens is 2. The maximum Gasteiger partial charge on any atom is 0.410 e. The predicted octanol–water partition coefficient (Wildman–Crippen LogP) is 4.49. The average Bonchev–Trinajstić information content (AvgIpc) is 3.27. The van der Waals surface area contributed by atoms with E-state index in [9.17, 15) is 18.0 Å². The number of rotatable bonds is 4. The Kier molecular flexibility index (Phi) is 6.83. The second-order valence-corrected chi connectivity index (χ2v) is 8.37. The zero-order valence-corrected chi connectivity index (χ0v) is 19.6. The van der Waals surface area contributed by atoms with Gasteiger partial charge in [-0.25, -0.2) is 4.68 Å². The van der Waals surface area contributed by atoms with Crippen molar-refractivity contribution >= 4 is 34.7 Å². The van der Waals surface area contributed by atoms with Gasteiger partial charge < -0.3 is 15.4 Å². The quantitative estimate of drug-likeness (QED) is 0.307. The number of anilines is 2. The first kappa shape index (κ1) is 24.3. The highest BCUT2D eigenvalue weighted by Crippen LogP contribution is 2.44. The highest BCUT2D eigenvalue weighted by molar-refractivity contribution is 7.80. The van der Waals surface area contributed by atoms with Crippen molar-refractivity contribution in [1.82, 2.24) is 20.6 Å². The summed E-state index contributed by atoms with van der Waals surface area (Å²) in [5.41, 5.74) is 7.25. The lowest BCUT2D eigenvalue weighted by molar-refractivity contribution is -0.173. The Morgan fingerprint density at radius 3 is 2.54 bits per heavy atom. The summed E-state index contributed by atoms with van der Waals surface area (Å²) in [5, 5.41) is 9.97. The van der Waals surface area contributed by atoms with Crippen molar-refractivity contribution in [2.45, 2.75) is 31.6 Å². The number of amides is 1. The summed E-state index contributed by atoms with van der Waals surface area (Å²) < 4.78 is 47.6. The summed E-state index contributed by atoms with van der Waals surface area (Å²) in [6.45, 7) is 1.89. The number of alkyl halides is 3. The number of carbonyl (C=O) groups excluding carboxylic acids is 1. The fraction of sp³-hybridized carbons (Fsp3) is 0.261. The molecule has 35 heavy (non-hydrogen) atoms. The highest BCUT2D eigenvalue weighted by atomic mass is 32.1. The fourth-order valence-electron chi connectivity index (χ4n) is 3.83. The summed E-state index contributed by atoms with van der Waals surface area (Å²) in [4.78, 5) is 12.8. The van der Waals surface area contributed by atoms with Gasteiger partial charge >= 0.3 is 6.18 Å². The third-order valence-corrected chi connectivity index (χ3v) is 5.89. The Hall–Kier alpha value is -3.80. The zero-order chi connectivity index (χ0) is 25.2. The van der Waals surface area contributed by atoms with Crippen LogP contribution in [0.4, 0.5) is 24.7 Å². The molecule has 0 fully saturated rings. The van der Waals surface area contributed by atoms with E-state index in [1.807, 2.05) is 31.2 Å². The molecule has 2 aromatic carbocycles. The van der Waals surface area contributed by atoms with E-state index < -0.39 is 24.2 Å². The lowest BCUT2D eigenvalue weighted by Gasteiger charge is -2.34. The molecule has 1 amide bonds. The Morgan fingerprint density at radius 1 is 1.17 bits per heavy atom. The summed E-state index contributed by atoms with van der Waals surface area (Å²) in [6.07, 6.45) is -3.74. The van der Waals surface area contributed by atoms with Gasteiger partial charge in [0.15, 0.2) is 11.2 Å². The number of nitrogens with zero attached hydrogens (tertiary/aromatic N) is 2. The predicted molar refractivity (Wildman–Crippen MR) is 129 cm³/mol. The third-order valence-electron chi connectivity index (χ3n) is 5.68. The SMILES string of the molecule is COc1ccc(C2CC(C(F)(F)F)n3ncc(C(=O)NNC(=S)Nc4ccccc4C)c3N2)cc1. The van der Waals surface area contributed by atoms with Gasteiger partial charge in [-0.2, -0.15) is 18.3 Å². The molecule has 2 unspecified atom stereocenters. The smallest absolute Gasteiger partial charge is 0.410 e. The molecule has 12 heteroatoms. The summed E-state index contributed by atoms with van der Waals surface area (Å²) in [5.74, 6) is -0.135. The molecule has 1 aromatic heterocycles. The third kappa shape index (κ3) is 5.32. The molecule has 3 aromatic rings. The number of ether oxygens (including phenoxy) is 1. The van der Waals surface area contributed by atoms with Crippen LogP contribution >= 0.6 is 12.2 Å². The standard InChI is InChI=1S/C23H23F3N6O2S/c1-13-5-3-4-6-17(13)29-22(35)31-30-21(33)16-12-27-32-19(23(24,25)26)11-18(28-20(16)32)14-7-9-15(34-2)10-8-14/h3-10,12,18-19,28H,11H2,1-2H3,(H,30,33)(H2,29,31,35). The van der Waals surface area contributed by atoms with E-state index in [1.54, 1.807) is 24.3 Å². The van der Waals surface area contributed by atoms with Crippen molar-refractivity contribution in [3.05, 3.63) is 71.4 Å². The fourth-order valence-corrected chi connectivity index (χ4v) is 3.99. The van der Waals surface area contributed by atoms with Crippen LogP contribution in [-0.4, -0.2) is 34.1 Å². The number of hydrogen-bond acceptors (Lipinski definition) is 5. The largest absolute Gasteiger partial charge is 0.497 e. The number of carbonyl (C=O) groups is 1. The van der Waals surface area contributed by atoms with Crippen LogP contribution in [0.5, 0.6) is 5.75 Å².